The Kier molecular flexibility index (Phi) is 5.18. The Labute approximate surface area is 182 Å². The highest BCUT2D eigenvalue weighted by atomic mass is 32.2. The van der Waals surface area contributed by atoms with E-state index < -0.39 is 59.0 Å². The first-order chi connectivity index (χ1) is 15.9. The third kappa shape index (κ3) is 7.22. The van der Waals surface area contributed by atoms with E-state index in [0.717, 1.165) is 11.1 Å². The number of hydrogen-bond donors (Lipinski definition) is 0. The van der Waals surface area contributed by atoms with Crippen LogP contribution in [-0.2, 0) is 28.6 Å². The maximum Gasteiger partial charge on any atom is 0.296 e. The summed E-state index contributed by atoms with van der Waals surface area (Å²) in [7, 11) is -8.60. The van der Waals surface area contributed by atoms with E-state index >= 15 is 0 Å². The van der Waals surface area contributed by atoms with E-state index in [1.807, 2.05) is 0 Å². The lowest BCUT2D eigenvalue weighted by molar-refractivity contribution is 0.163. The first-order valence-corrected chi connectivity index (χ1v) is 11.7. The fraction of sp³-hybridized carbons (Fsp3) is 0.429. The highest BCUT2D eigenvalue weighted by molar-refractivity contribution is 7.87. The zero-order valence-corrected chi connectivity index (χ0v) is 17.8. The lowest BCUT2D eigenvalue weighted by atomic mass is 9.89. The molecule has 0 aliphatic rings. The molecule has 0 bridgehead atoms. The molecule has 0 fully saturated rings. The van der Waals surface area contributed by atoms with Gasteiger partial charge in [0.15, 0.2) is 0 Å². The molecule has 0 saturated carbocycles. The van der Waals surface area contributed by atoms with Crippen LogP contribution in [-0.4, -0.2) is 30.0 Å². The van der Waals surface area contributed by atoms with Gasteiger partial charge in [0.05, 0.1) is 23.0 Å². The third-order valence-corrected chi connectivity index (χ3v) is 6.67. The van der Waals surface area contributed by atoms with Gasteiger partial charge in [0.2, 0.25) is 0 Å². The van der Waals surface area contributed by atoms with Crippen LogP contribution in [0.5, 0.6) is 0 Å². The zero-order chi connectivity index (χ0) is 26.7. The third-order valence-electron chi connectivity index (χ3n) is 4.07. The topological polar surface area (TPSA) is 86.7 Å². The molecule has 160 valence electrons. The molecule has 2 rings (SSSR count). The molecule has 0 unspecified atom stereocenters. The number of hydrogen-bond acceptors (Lipinski definition) is 6. The predicted octanol–water partition coefficient (Wildman–Crippen LogP) is 4.22. The molecule has 0 saturated heterocycles. The van der Waals surface area contributed by atoms with Crippen molar-refractivity contribution in [1.29, 1.82) is 0 Å². The minimum absolute atomic E-state index is 0.103. The lowest BCUT2D eigenvalue weighted by Gasteiger charge is -2.24. The molecule has 0 aliphatic heterocycles. The average Bonchev–Trinajstić information content (AvgIpc) is 2.72. The molecule has 0 aromatic heterocycles. The lowest BCUT2D eigenvalue weighted by Crippen LogP contribution is -2.23. The van der Waals surface area contributed by atoms with E-state index in [9.17, 15) is 16.8 Å². The summed E-state index contributed by atoms with van der Waals surface area (Å²) in [6.45, 7) is -4.45. The SMILES string of the molecule is [2H]C([2H])([2H])C(CCCOS(=O)(=O)c1ccc(C)cc1)(COS(=O)(=O)c1ccc(C)cc1)C([2H])([2H])[2H]. The van der Waals surface area contributed by atoms with Crippen molar-refractivity contribution in [2.45, 2.75) is 50.2 Å². The van der Waals surface area contributed by atoms with Gasteiger partial charge < -0.3 is 0 Å². The molecular formula is C21H28O6S2. The molecule has 29 heavy (non-hydrogen) atoms. The normalized spacial score (nSPS) is 16.8. The van der Waals surface area contributed by atoms with Crippen molar-refractivity contribution < 1.29 is 33.4 Å². The van der Waals surface area contributed by atoms with Crippen LogP contribution in [0.25, 0.3) is 0 Å². The van der Waals surface area contributed by atoms with Crippen LogP contribution in [0.4, 0.5) is 0 Å². The Morgan fingerprint density at radius 2 is 1.24 bits per heavy atom. The molecule has 8 heteroatoms. The summed E-state index contributed by atoms with van der Waals surface area (Å²) in [6.07, 6.45) is -0.900. The van der Waals surface area contributed by atoms with Gasteiger partial charge in [-0.2, -0.15) is 16.8 Å². The van der Waals surface area contributed by atoms with Gasteiger partial charge in [0.25, 0.3) is 20.2 Å². The van der Waals surface area contributed by atoms with Gasteiger partial charge in [-0.05, 0) is 56.4 Å². The quantitative estimate of drug-likeness (QED) is 0.401. The van der Waals surface area contributed by atoms with Gasteiger partial charge in [-0.1, -0.05) is 49.1 Å². The van der Waals surface area contributed by atoms with Gasteiger partial charge in [-0.3, -0.25) is 8.37 Å². The van der Waals surface area contributed by atoms with E-state index in [4.69, 9.17) is 16.6 Å². The first kappa shape index (κ1) is 16.0. The van der Waals surface area contributed by atoms with E-state index in [0.29, 0.717) is 0 Å². The van der Waals surface area contributed by atoms with Crippen LogP contribution in [0.1, 0.15) is 45.9 Å². The van der Waals surface area contributed by atoms with Crippen LogP contribution >= 0.6 is 0 Å². The van der Waals surface area contributed by atoms with Crippen molar-refractivity contribution in [3.05, 3.63) is 59.7 Å². The Balaban J connectivity index is 2.21. The maximum absolute atomic E-state index is 12.6. The number of aryl methyl sites for hydroxylation is 2. The Bertz CT molecular complexity index is 1190. The fourth-order valence-electron chi connectivity index (χ4n) is 2.34. The van der Waals surface area contributed by atoms with Gasteiger partial charge in [-0.15, -0.1) is 0 Å². The minimum Gasteiger partial charge on any atom is -0.266 e. The molecule has 2 aromatic rings. The Morgan fingerprint density at radius 3 is 1.69 bits per heavy atom. The molecule has 6 nitrogen and oxygen atoms in total. The van der Waals surface area contributed by atoms with Gasteiger partial charge in [-0.25, -0.2) is 0 Å². The number of rotatable bonds is 10. The highest BCUT2D eigenvalue weighted by Gasteiger charge is 2.24. The summed E-state index contributed by atoms with van der Waals surface area (Å²) in [6, 6.07) is 11.4. The maximum atomic E-state index is 12.6. The summed E-state index contributed by atoms with van der Waals surface area (Å²) in [5.41, 5.74) is -0.970. The van der Waals surface area contributed by atoms with Crippen molar-refractivity contribution in [3.8, 4) is 0 Å². The molecule has 0 atom stereocenters. The van der Waals surface area contributed by atoms with Crippen molar-refractivity contribution >= 4 is 20.2 Å². The smallest absolute Gasteiger partial charge is 0.266 e. The summed E-state index contributed by atoms with van der Waals surface area (Å²) in [4.78, 5) is -0.353. The van der Waals surface area contributed by atoms with Crippen molar-refractivity contribution in [2.75, 3.05) is 13.2 Å². The van der Waals surface area contributed by atoms with Crippen molar-refractivity contribution in [2.24, 2.45) is 5.41 Å². The number of benzene rings is 2. The van der Waals surface area contributed by atoms with E-state index in [1.165, 1.54) is 36.4 Å². The minimum atomic E-state index is -4.45. The van der Waals surface area contributed by atoms with Gasteiger partial charge in [0, 0.05) is 8.22 Å². The average molecular weight is 447 g/mol. The van der Waals surface area contributed by atoms with Crippen LogP contribution in [0.3, 0.4) is 0 Å². The fourth-order valence-corrected chi connectivity index (χ4v) is 4.24. The molecule has 0 amide bonds. The second-order valence-corrected chi connectivity index (χ2v) is 10.0. The molecule has 2 aromatic carbocycles. The molecule has 0 radical (unpaired) electrons. The van der Waals surface area contributed by atoms with Crippen LogP contribution in [0.15, 0.2) is 58.3 Å². The standard InChI is InChI=1S/C21H28O6S2/c1-17-6-10-19(11-7-17)28(22,23)26-15-5-14-21(3,4)16-27-29(24,25)20-12-8-18(2)9-13-20/h6-13H,5,14-16H2,1-4H3/i3D3,4D3. The summed E-state index contributed by atoms with van der Waals surface area (Å²) in [5, 5.41) is 0. The van der Waals surface area contributed by atoms with Crippen LogP contribution in [0.2, 0.25) is 0 Å². The van der Waals surface area contributed by atoms with E-state index in [-0.39, 0.29) is 16.2 Å². The molecule has 0 aliphatic carbocycles. The summed E-state index contributed by atoms with van der Waals surface area (Å²) >= 11 is 0. The molecule has 0 N–H and O–H groups in total. The first-order valence-electron chi connectivity index (χ1n) is 11.8. The van der Waals surface area contributed by atoms with Gasteiger partial charge >= 0.3 is 0 Å². The highest BCUT2D eigenvalue weighted by Crippen LogP contribution is 2.26. The second-order valence-electron chi connectivity index (χ2n) is 6.80. The zero-order valence-electron chi connectivity index (χ0n) is 22.2. The Morgan fingerprint density at radius 1 is 0.793 bits per heavy atom. The monoisotopic (exact) mass is 446 g/mol. The van der Waals surface area contributed by atoms with Crippen molar-refractivity contribution in [3.63, 3.8) is 0 Å². The summed E-state index contributed by atoms with van der Waals surface area (Å²) in [5.74, 6) is 0. The molecular weight excluding hydrogens is 412 g/mol. The van der Waals surface area contributed by atoms with Gasteiger partial charge in [0.1, 0.15) is 0 Å². The summed E-state index contributed by atoms with van der Waals surface area (Å²) < 4.78 is 107. The van der Waals surface area contributed by atoms with Crippen molar-refractivity contribution in [1.82, 2.24) is 0 Å². The molecule has 0 heterocycles. The van der Waals surface area contributed by atoms with E-state index in [2.05, 4.69) is 0 Å². The van der Waals surface area contributed by atoms with E-state index in [1.54, 1.807) is 26.0 Å². The van der Waals surface area contributed by atoms with Crippen LogP contribution in [0, 0.1) is 19.3 Å². The second kappa shape index (κ2) is 9.38. The Hall–Kier alpha value is -1.74. The van der Waals surface area contributed by atoms with Crippen LogP contribution < -0.4 is 0 Å². The molecule has 0 spiro atoms. The predicted molar refractivity (Wildman–Crippen MR) is 112 cm³/mol. The largest absolute Gasteiger partial charge is 0.296 e.